The van der Waals surface area contributed by atoms with Gasteiger partial charge in [-0.3, -0.25) is 0 Å². The second kappa shape index (κ2) is 8.93. The van der Waals surface area contributed by atoms with Gasteiger partial charge in [0.25, 0.3) is 0 Å². The Labute approximate surface area is 74.0 Å². The van der Waals surface area contributed by atoms with Crippen molar-refractivity contribution in [1.82, 2.24) is 4.90 Å². The van der Waals surface area contributed by atoms with Crippen LogP contribution in [-0.2, 0) is 0 Å². The lowest BCUT2D eigenvalue weighted by molar-refractivity contribution is 0.205. The predicted octanol–water partition coefficient (Wildman–Crippen LogP) is -0.988. The van der Waals surface area contributed by atoms with E-state index in [1.807, 2.05) is 0 Å². The second-order valence-electron chi connectivity index (χ2n) is 2.78. The third-order valence-corrected chi connectivity index (χ3v) is 1.71. The van der Waals surface area contributed by atoms with Gasteiger partial charge in [-0.2, -0.15) is 0 Å². The third-order valence-electron chi connectivity index (χ3n) is 1.71. The highest BCUT2D eigenvalue weighted by atomic mass is 16.3. The minimum absolute atomic E-state index is 0.222. The van der Waals surface area contributed by atoms with Gasteiger partial charge in [0.2, 0.25) is 0 Å². The van der Waals surface area contributed by atoms with Crippen molar-refractivity contribution in [2.75, 3.05) is 39.4 Å². The van der Waals surface area contributed by atoms with Crippen LogP contribution in [0.5, 0.6) is 0 Å². The molecule has 0 aliphatic carbocycles. The van der Waals surface area contributed by atoms with Crippen molar-refractivity contribution in [3.05, 3.63) is 0 Å². The summed E-state index contributed by atoms with van der Waals surface area (Å²) in [6.07, 6.45) is 1.57. The number of nitrogens with zero attached hydrogens (tertiary/aromatic N) is 1. The fourth-order valence-electron chi connectivity index (χ4n) is 1.11. The first-order valence-corrected chi connectivity index (χ1v) is 4.49. The molecule has 0 unspecified atom stereocenters. The Hall–Kier alpha value is -0.160. The molecule has 0 spiro atoms. The van der Waals surface area contributed by atoms with E-state index in [4.69, 9.17) is 15.9 Å². The van der Waals surface area contributed by atoms with Crippen LogP contribution in [0.15, 0.2) is 0 Å². The van der Waals surface area contributed by atoms with E-state index in [1.165, 1.54) is 0 Å². The van der Waals surface area contributed by atoms with Crippen LogP contribution in [0.4, 0.5) is 0 Å². The average Bonchev–Trinajstić information content (AvgIpc) is 2.10. The number of rotatable bonds is 8. The molecule has 0 amide bonds. The largest absolute Gasteiger partial charge is 0.396 e. The van der Waals surface area contributed by atoms with Crippen LogP contribution in [0, 0.1) is 0 Å². The van der Waals surface area contributed by atoms with Gasteiger partial charge in [-0.25, -0.2) is 0 Å². The number of hydrogen-bond donors (Lipinski definition) is 3. The van der Waals surface area contributed by atoms with E-state index in [2.05, 4.69) is 4.90 Å². The average molecular weight is 176 g/mol. The normalized spacial score (nSPS) is 11.0. The van der Waals surface area contributed by atoms with Gasteiger partial charge in [-0.1, -0.05) is 0 Å². The number of hydrogen-bond acceptors (Lipinski definition) is 4. The Balaban J connectivity index is 3.40. The van der Waals surface area contributed by atoms with Crippen molar-refractivity contribution < 1.29 is 10.2 Å². The Morgan fingerprint density at radius 2 is 1.42 bits per heavy atom. The van der Waals surface area contributed by atoms with Gasteiger partial charge in [0.15, 0.2) is 0 Å². The van der Waals surface area contributed by atoms with Crippen molar-refractivity contribution in [2.24, 2.45) is 5.73 Å². The van der Waals surface area contributed by atoms with Gasteiger partial charge in [-0.05, 0) is 12.8 Å². The molecule has 4 nitrogen and oxygen atoms in total. The van der Waals surface area contributed by atoms with Crippen molar-refractivity contribution in [1.29, 1.82) is 0 Å². The molecule has 0 saturated carbocycles. The zero-order chi connectivity index (χ0) is 9.23. The van der Waals surface area contributed by atoms with E-state index in [-0.39, 0.29) is 13.2 Å². The number of nitrogens with two attached hydrogens (primary N) is 1. The van der Waals surface area contributed by atoms with Gasteiger partial charge in [0.05, 0.1) is 0 Å². The maximum absolute atomic E-state index is 8.60. The Kier molecular flexibility index (Phi) is 8.81. The second-order valence-corrected chi connectivity index (χ2v) is 2.78. The standard InChI is InChI=1S/C8H20N2O2/c9-3-6-10(4-1-7-11)5-2-8-12/h11-12H,1-9H2. The molecule has 0 aromatic heterocycles. The van der Waals surface area contributed by atoms with E-state index in [0.717, 1.165) is 32.5 Å². The van der Waals surface area contributed by atoms with Crippen molar-refractivity contribution in [2.45, 2.75) is 12.8 Å². The minimum atomic E-state index is 0.222. The van der Waals surface area contributed by atoms with E-state index >= 15 is 0 Å². The fraction of sp³-hybridized carbons (Fsp3) is 1.00. The molecule has 74 valence electrons. The fourth-order valence-corrected chi connectivity index (χ4v) is 1.11. The Bertz CT molecular complexity index is 83.1. The molecule has 0 aliphatic rings. The molecule has 0 radical (unpaired) electrons. The first-order chi connectivity index (χ1) is 5.85. The smallest absolute Gasteiger partial charge is 0.0443 e. The lowest BCUT2D eigenvalue weighted by Crippen LogP contribution is -2.32. The van der Waals surface area contributed by atoms with Crippen LogP contribution in [0.25, 0.3) is 0 Å². The van der Waals surface area contributed by atoms with Crippen LogP contribution in [0.2, 0.25) is 0 Å². The van der Waals surface area contributed by atoms with Gasteiger partial charge >= 0.3 is 0 Å². The van der Waals surface area contributed by atoms with E-state index in [9.17, 15) is 0 Å². The molecule has 12 heavy (non-hydrogen) atoms. The summed E-state index contributed by atoms with van der Waals surface area (Å²) in [6.45, 7) is 3.67. The van der Waals surface area contributed by atoms with Crippen molar-refractivity contribution in [3.8, 4) is 0 Å². The monoisotopic (exact) mass is 176 g/mol. The molecule has 0 aliphatic heterocycles. The van der Waals surface area contributed by atoms with Gasteiger partial charge in [0, 0.05) is 39.4 Å². The highest BCUT2D eigenvalue weighted by Gasteiger charge is 2.01. The number of aliphatic hydroxyl groups excluding tert-OH is 2. The maximum Gasteiger partial charge on any atom is 0.0443 e. The van der Waals surface area contributed by atoms with Crippen LogP contribution >= 0.6 is 0 Å². The van der Waals surface area contributed by atoms with Crippen molar-refractivity contribution in [3.63, 3.8) is 0 Å². The molecule has 0 bridgehead atoms. The maximum atomic E-state index is 8.60. The zero-order valence-corrected chi connectivity index (χ0v) is 7.58. The van der Waals surface area contributed by atoms with E-state index in [0.29, 0.717) is 6.54 Å². The van der Waals surface area contributed by atoms with Gasteiger partial charge in [0.1, 0.15) is 0 Å². The van der Waals surface area contributed by atoms with Crippen LogP contribution in [-0.4, -0.2) is 54.5 Å². The summed E-state index contributed by atoms with van der Waals surface area (Å²) in [5, 5.41) is 17.2. The molecule has 0 rings (SSSR count). The molecule has 0 fully saturated rings. The first-order valence-electron chi connectivity index (χ1n) is 4.49. The molecule has 0 aromatic rings. The highest BCUT2D eigenvalue weighted by molar-refractivity contribution is 4.57. The lowest BCUT2D eigenvalue weighted by atomic mass is 10.3. The molecule has 4 heteroatoms. The summed E-state index contributed by atoms with van der Waals surface area (Å²) >= 11 is 0. The van der Waals surface area contributed by atoms with Crippen LogP contribution in [0.1, 0.15) is 12.8 Å². The van der Waals surface area contributed by atoms with E-state index in [1.54, 1.807) is 0 Å². The number of aliphatic hydroxyl groups is 2. The summed E-state index contributed by atoms with van der Waals surface area (Å²) in [7, 11) is 0. The van der Waals surface area contributed by atoms with Gasteiger partial charge < -0.3 is 20.8 Å². The predicted molar refractivity (Wildman–Crippen MR) is 48.9 cm³/mol. The third kappa shape index (κ3) is 6.54. The van der Waals surface area contributed by atoms with E-state index < -0.39 is 0 Å². The summed E-state index contributed by atoms with van der Waals surface area (Å²) in [4.78, 5) is 2.16. The Morgan fingerprint density at radius 1 is 0.917 bits per heavy atom. The van der Waals surface area contributed by atoms with Crippen LogP contribution < -0.4 is 5.73 Å². The molecule has 0 atom stereocenters. The van der Waals surface area contributed by atoms with Crippen LogP contribution in [0.3, 0.4) is 0 Å². The highest BCUT2D eigenvalue weighted by Crippen LogP contribution is 1.92. The molecule has 0 heterocycles. The molecule has 0 saturated heterocycles. The first kappa shape index (κ1) is 11.8. The SMILES string of the molecule is NCCN(CCCO)CCCO. The van der Waals surface area contributed by atoms with Crippen molar-refractivity contribution >= 4 is 0 Å². The Morgan fingerprint density at radius 3 is 1.75 bits per heavy atom. The van der Waals surface area contributed by atoms with Gasteiger partial charge in [-0.15, -0.1) is 0 Å². The minimum Gasteiger partial charge on any atom is -0.396 e. The lowest BCUT2D eigenvalue weighted by Gasteiger charge is -2.20. The molecule has 4 N–H and O–H groups in total. The molecular weight excluding hydrogens is 156 g/mol. The summed E-state index contributed by atoms with van der Waals surface area (Å²) in [6, 6.07) is 0. The topological polar surface area (TPSA) is 69.7 Å². The zero-order valence-electron chi connectivity index (χ0n) is 7.58. The summed E-state index contributed by atoms with van der Waals surface area (Å²) in [5.41, 5.74) is 5.41. The molecule has 0 aromatic carbocycles. The molecular formula is C8H20N2O2. The summed E-state index contributed by atoms with van der Waals surface area (Å²) in [5.74, 6) is 0. The quantitative estimate of drug-likeness (QED) is 0.444. The summed E-state index contributed by atoms with van der Waals surface area (Å²) < 4.78 is 0.